The van der Waals surface area contributed by atoms with Gasteiger partial charge in [-0.25, -0.2) is 0 Å². The zero-order valence-corrected chi connectivity index (χ0v) is 12.7. The van der Waals surface area contributed by atoms with Crippen LogP contribution in [0.5, 0.6) is 0 Å². The summed E-state index contributed by atoms with van der Waals surface area (Å²) in [6, 6.07) is 4.11. The molecule has 114 valence electrons. The molecule has 2 atom stereocenters. The van der Waals surface area contributed by atoms with Crippen LogP contribution in [0.1, 0.15) is 24.0 Å². The first-order valence-electron chi connectivity index (χ1n) is 7.57. The van der Waals surface area contributed by atoms with Crippen molar-refractivity contribution in [2.75, 3.05) is 13.1 Å². The van der Waals surface area contributed by atoms with Crippen LogP contribution >= 0.6 is 0 Å². The Morgan fingerprint density at radius 2 is 2.24 bits per heavy atom. The van der Waals surface area contributed by atoms with Gasteiger partial charge in [0.15, 0.2) is 0 Å². The van der Waals surface area contributed by atoms with Crippen LogP contribution in [-0.2, 0) is 19.5 Å². The molecule has 0 amide bonds. The topological polar surface area (TPSA) is 70.0 Å². The van der Waals surface area contributed by atoms with Gasteiger partial charge in [0.1, 0.15) is 0 Å². The molecule has 0 saturated carbocycles. The van der Waals surface area contributed by atoms with Gasteiger partial charge in [0.05, 0.1) is 17.5 Å². The fourth-order valence-electron chi connectivity index (χ4n) is 3.01. The van der Waals surface area contributed by atoms with Crippen molar-refractivity contribution in [2.24, 2.45) is 5.92 Å². The van der Waals surface area contributed by atoms with Gasteiger partial charge < -0.3 is 5.11 Å². The van der Waals surface area contributed by atoms with Gasteiger partial charge in [-0.15, -0.1) is 0 Å². The SMILES string of the molecule is CCn1ccc(CN2C[C@@H](Cc3cc(C)[nH]n3)[C@H](O)C2)n1. The Bertz CT molecular complexity index is 590. The van der Waals surface area contributed by atoms with Gasteiger partial charge in [0.25, 0.3) is 0 Å². The number of aliphatic hydroxyl groups is 1. The van der Waals surface area contributed by atoms with Crippen molar-refractivity contribution < 1.29 is 5.11 Å². The maximum atomic E-state index is 10.3. The van der Waals surface area contributed by atoms with Gasteiger partial charge >= 0.3 is 0 Å². The summed E-state index contributed by atoms with van der Waals surface area (Å²) in [5, 5.41) is 22.0. The lowest BCUT2D eigenvalue weighted by atomic mass is 10.0. The quantitative estimate of drug-likeness (QED) is 0.860. The minimum Gasteiger partial charge on any atom is -0.391 e. The van der Waals surface area contributed by atoms with Crippen LogP contribution in [0.4, 0.5) is 0 Å². The Hall–Kier alpha value is -1.66. The van der Waals surface area contributed by atoms with Crippen molar-refractivity contribution in [3.05, 3.63) is 35.4 Å². The Morgan fingerprint density at radius 3 is 2.90 bits per heavy atom. The molecule has 3 rings (SSSR count). The summed E-state index contributed by atoms with van der Waals surface area (Å²) in [7, 11) is 0. The van der Waals surface area contributed by atoms with Gasteiger partial charge in [-0.05, 0) is 32.4 Å². The molecule has 0 radical (unpaired) electrons. The summed E-state index contributed by atoms with van der Waals surface area (Å²) in [5.74, 6) is 0.251. The first-order valence-corrected chi connectivity index (χ1v) is 7.57. The summed E-state index contributed by atoms with van der Waals surface area (Å²) in [6.07, 6.45) is 2.55. The molecular weight excluding hydrogens is 266 g/mol. The zero-order valence-electron chi connectivity index (χ0n) is 12.7. The standard InChI is InChI=1S/C15H23N5O/c1-3-20-5-4-13(18-20)9-19-8-12(15(21)10-19)7-14-6-11(2)16-17-14/h4-6,12,15,21H,3,7-10H2,1-2H3,(H,16,17)/t12-,15-/m1/s1. The van der Waals surface area contributed by atoms with E-state index in [-0.39, 0.29) is 12.0 Å². The predicted octanol–water partition coefficient (Wildman–Crippen LogP) is 0.970. The average Bonchev–Trinajstić information content (AvgIpc) is 3.14. The van der Waals surface area contributed by atoms with Crippen molar-refractivity contribution in [1.29, 1.82) is 0 Å². The molecule has 2 N–H and O–H groups in total. The van der Waals surface area contributed by atoms with E-state index in [1.807, 2.05) is 17.8 Å². The van der Waals surface area contributed by atoms with Crippen molar-refractivity contribution in [3.63, 3.8) is 0 Å². The Morgan fingerprint density at radius 1 is 1.38 bits per heavy atom. The Kier molecular flexibility index (Phi) is 4.07. The molecule has 0 aliphatic carbocycles. The van der Waals surface area contributed by atoms with Crippen LogP contribution in [0.25, 0.3) is 0 Å². The van der Waals surface area contributed by atoms with Crippen molar-refractivity contribution in [3.8, 4) is 0 Å². The van der Waals surface area contributed by atoms with Crippen molar-refractivity contribution in [1.82, 2.24) is 24.9 Å². The van der Waals surface area contributed by atoms with Crippen LogP contribution in [0.2, 0.25) is 0 Å². The second-order valence-electron chi connectivity index (χ2n) is 5.93. The number of aromatic amines is 1. The van der Waals surface area contributed by atoms with E-state index in [1.54, 1.807) is 0 Å². The molecule has 0 aromatic carbocycles. The van der Waals surface area contributed by atoms with E-state index in [0.29, 0.717) is 6.54 Å². The molecule has 1 aliphatic heterocycles. The molecule has 0 bridgehead atoms. The fraction of sp³-hybridized carbons (Fsp3) is 0.600. The van der Waals surface area contributed by atoms with Gasteiger partial charge in [-0.1, -0.05) is 0 Å². The number of H-pyrrole nitrogens is 1. The van der Waals surface area contributed by atoms with E-state index >= 15 is 0 Å². The summed E-state index contributed by atoms with van der Waals surface area (Å²) in [6.45, 7) is 7.39. The van der Waals surface area contributed by atoms with Gasteiger partial charge in [-0.2, -0.15) is 10.2 Å². The lowest BCUT2D eigenvalue weighted by Crippen LogP contribution is -2.21. The normalized spacial score (nSPS) is 23.0. The average molecular weight is 289 g/mol. The second-order valence-corrected chi connectivity index (χ2v) is 5.93. The molecule has 1 aliphatic rings. The van der Waals surface area contributed by atoms with E-state index in [9.17, 15) is 5.11 Å². The van der Waals surface area contributed by atoms with E-state index < -0.39 is 0 Å². The van der Waals surface area contributed by atoms with Gasteiger partial charge in [-0.3, -0.25) is 14.7 Å². The Labute approximate surface area is 124 Å². The number of nitrogens with zero attached hydrogens (tertiary/aromatic N) is 4. The molecule has 21 heavy (non-hydrogen) atoms. The third-order valence-electron chi connectivity index (χ3n) is 4.12. The number of hydrogen-bond donors (Lipinski definition) is 2. The molecule has 2 aromatic rings. The number of nitrogens with one attached hydrogen (secondary N) is 1. The highest BCUT2D eigenvalue weighted by Crippen LogP contribution is 2.22. The third-order valence-corrected chi connectivity index (χ3v) is 4.12. The molecular formula is C15H23N5O. The first-order chi connectivity index (χ1) is 10.1. The largest absolute Gasteiger partial charge is 0.391 e. The first kappa shape index (κ1) is 14.3. The minimum absolute atomic E-state index is 0.251. The van der Waals surface area contributed by atoms with Gasteiger partial charge in [0, 0.05) is 44.0 Å². The fourth-order valence-corrected chi connectivity index (χ4v) is 3.01. The van der Waals surface area contributed by atoms with E-state index in [1.165, 1.54) is 0 Å². The number of aliphatic hydroxyl groups excluding tert-OH is 1. The maximum absolute atomic E-state index is 10.3. The molecule has 0 spiro atoms. The zero-order chi connectivity index (χ0) is 14.8. The molecule has 0 unspecified atom stereocenters. The highest BCUT2D eigenvalue weighted by atomic mass is 16.3. The van der Waals surface area contributed by atoms with Crippen LogP contribution in [0.15, 0.2) is 18.3 Å². The van der Waals surface area contributed by atoms with Crippen LogP contribution in [-0.4, -0.2) is 49.2 Å². The number of aryl methyl sites for hydroxylation is 2. The monoisotopic (exact) mass is 289 g/mol. The molecule has 2 aromatic heterocycles. The van der Waals surface area contributed by atoms with Crippen LogP contribution in [0.3, 0.4) is 0 Å². The molecule has 6 heteroatoms. The summed E-state index contributed by atoms with van der Waals surface area (Å²) >= 11 is 0. The summed E-state index contributed by atoms with van der Waals surface area (Å²) in [4.78, 5) is 2.27. The van der Waals surface area contributed by atoms with Crippen molar-refractivity contribution >= 4 is 0 Å². The number of hydrogen-bond acceptors (Lipinski definition) is 4. The summed E-state index contributed by atoms with van der Waals surface area (Å²) < 4.78 is 1.94. The number of rotatable bonds is 5. The summed E-state index contributed by atoms with van der Waals surface area (Å²) in [5.41, 5.74) is 3.17. The smallest absolute Gasteiger partial charge is 0.0764 e. The predicted molar refractivity (Wildman–Crippen MR) is 79.7 cm³/mol. The highest BCUT2D eigenvalue weighted by molar-refractivity contribution is 5.09. The molecule has 3 heterocycles. The minimum atomic E-state index is -0.282. The Balaban J connectivity index is 1.57. The van der Waals surface area contributed by atoms with Crippen molar-refractivity contribution in [2.45, 2.75) is 39.5 Å². The molecule has 6 nitrogen and oxygen atoms in total. The second kappa shape index (κ2) is 5.99. The lowest BCUT2D eigenvalue weighted by molar-refractivity contribution is 0.140. The van der Waals surface area contributed by atoms with E-state index in [4.69, 9.17) is 0 Å². The van der Waals surface area contributed by atoms with E-state index in [2.05, 4.69) is 39.3 Å². The molecule has 1 fully saturated rings. The van der Waals surface area contributed by atoms with Crippen LogP contribution in [0, 0.1) is 12.8 Å². The number of aromatic nitrogens is 4. The number of likely N-dealkylation sites (tertiary alicyclic amines) is 1. The van der Waals surface area contributed by atoms with Crippen LogP contribution < -0.4 is 0 Å². The lowest BCUT2D eigenvalue weighted by Gasteiger charge is -2.13. The number of β-amino-alcohol motifs (C(OH)–C–C–N with tert-alkyl or cyclic N) is 1. The van der Waals surface area contributed by atoms with Gasteiger partial charge in [0.2, 0.25) is 0 Å². The highest BCUT2D eigenvalue weighted by Gasteiger charge is 2.32. The maximum Gasteiger partial charge on any atom is 0.0764 e. The van der Waals surface area contributed by atoms with E-state index in [0.717, 1.165) is 43.1 Å². The third kappa shape index (κ3) is 3.33. The molecule has 1 saturated heterocycles.